The van der Waals surface area contributed by atoms with Crippen LogP contribution in [0.4, 0.5) is 11.4 Å². The maximum atomic E-state index is 13.2. The molecule has 46 heavy (non-hydrogen) atoms. The van der Waals surface area contributed by atoms with Crippen molar-refractivity contribution in [2.75, 3.05) is 10.6 Å². The van der Waals surface area contributed by atoms with Crippen molar-refractivity contribution in [3.05, 3.63) is 67.6 Å². The number of carbonyl (C=O) groups is 2. The van der Waals surface area contributed by atoms with Gasteiger partial charge in [0, 0.05) is 11.4 Å². The molecule has 14 nitrogen and oxygen atoms in total. The summed E-state index contributed by atoms with van der Waals surface area (Å²) in [5.74, 6) is -0.771. The molecule has 2 aromatic carbocycles. The summed E-state index contributed by atoms with van der Waals surface area (Å²) < 4.78 is 0. The Morgan fingerprint density at radius 1 is 0.674 bits per heavy atom. The lowest BCUT2D eigenvalue weighted by atomic mass is 9.78. The van der Waals surface area contributed by atoms with Crippen LogP contribution in [0.5, 0.6) is 0 Å². The smallest absolute Gasteiger partial charge is 0.286 e. The Bertz CT molecular complexity index is 1740. The van der Waals surface area contributed by atoms with E-state index >= 15 is 0 Å². The average molecular weight is 659 g/mol. The van der Waals surface area contributed by atoms with Crippen molar-refractivity contribution in [3.8, 4) is 11.1 Å². The van der Waals surface area contributed by atoms with E-state index in [1.54, 1.807) is 0 Å². The molecule has 6 rings (SSSR count). The zero-order valence-corrected chi connectivity index (χ0v) is 27.0. The summed E-state index contributed by atoms with van der Waals surface area (Å²) in [4.78, 5) is 35.2. The standard InChI is InChI=1S/C30H34N12O2S2/c1-15-17(7-3-9-19(15)35-21(43)23-39-41-25(45-23)29(11-5-12-29)37-27(31)32)18-8-4-10-20(16(18)2)36-22(44)24-40-42-26(46-24)30(13-6-14-30)38-28(33)34/h3-4,7-10H,5-6,11-14H2,1-2H3,(H,35,43)(H,36,44)(H4,31,32,37)(H4,33,34,38). The van der Waals surface area contributed by atoms with E-state index in [0.29, 0.717) is 21.4 Å². The van der Waals surface area contributed by atoms with Crippen LogP contribution in [0.2, 0.25) is 0 Å². The summed E-state index contributed by atoms with van der Waals surface area (Å²) in [6.45, 7) is 3.86. The molecule has 2 aromatic heterocycles. The molecule has 16 heteroatoms. The van der Waals surface area contributed by atoms with Gasteiger partial charge >= 0.3 is 0 Å². The second-order valence-electron chi connectivity index (χ2n) is 11.5. The Labute approximate surface area is 272 Å². The molecule has 2 amide bonds. The minimum atomic E-state index is -0.604. The van der Waals surface area contributed by atoms with Crippen LogP contribution >= 0.6 is 22.7 Å². The van der Waals surface area contributed by atoms with E-state index in [0.717, 1.165) is 60.8 Å². The van der Waals surface area contributed by atoms with E-state index in [2.05, 4.69) is 41.0 Å². The first-order chi connectivity index (χ1) is 22.0. The molecule has 0 bridgehead atoms. The van der Waals surface area contributed by atoms with Crippen LogP contribution in [0.15, 0.2) is 46.4 Å². The molecule has 238 valence electrons. The van der Waals surface area contributed by atoms with Crippen molar-refractivity contribution in [2.45, 2.75) is 63.5 Å². The number of amides is 2. The number of guanidine groups is 2. The van der Waals surface area contributed by atoms with E-state index in [4.69, 9.17) is 22.9 Å². The second kappa shape index (κ2) is 12.1. The third-order valence-electron chi connectivity index (χ3n) is 8.54. The first kappa shape index (κ1) is 31.0. The lowest BCUT2D eigenvalue weighted by Gasteiger charge is -2.35. The number of carbonyl (C=O) groups excluding carboxylic acids is 2. The summed E-state index contributed by atoms with van der Waals surface area (Å²) in [6.07, 6.45) is 4.95. The zero-order valence-electron chi connectivity index (χ0n) is 25.3. The molecular formula is C30H34N12O2S2. The molecule has 2 heterocycles. The van der Waals surface area contributed by atoms with E-state index in [9.17, 15) is 9.59 Å². The van der Waals surface area contributed by atoms with Crippen LogP contribution < -0.4 is 33.6 Å². The lowest BCUT2D eigenvalue weighted by molar-refractivity contribution is 0.101. The van der Waals surface area contributed by atoms with Gasteiger partial charge < -0.3 is 33.6 Å². The van der Waals surface area contributed by atoms with Gasteiger partial charge in [-0.25, -0.2) is 9.98 Å². The van der Waals surface area contributed by atoms with Crippen molar-refractivity contribution >= 4 is 57.8 Å². The molecule has 0 spiro atoms. The van der Waals surface area contributed by atoms with E-state index in [1.165, 1.54) is 22.7 Å². The van der Waals surface area contributed by atoms with Gasteiger partial charge in [0.1, 0.15) is 21.1 Å². The second-order valence-corrected chi connectivity index (χ2v) is 13.5. The molecule has 0 unspecified atom stereocenters. The minimum Gasteiger partial charge on any atom is -0.370 e. The monoisotopic (exact) mass is 658 g/mol. The minimum absolute atomic E-state index is 0.0111. The first-order valence-corrected chi connectivity index (χ1v) is 16.4. The molecule has 2 aliphatic rings. The maximum absolute atomic E-state index is 13.2. The van der Waals surface area contributed by atoms with Gasteiger partial charge in [-0.2, -0.15) is 0 Å². The lowest BCUT2D eigenvalue weighted by Crippen LogP contribution is -2.37. The van der Waals surface area contributed by atoms with Crippen molar-refractivity contribution < 1.29 is 9.59 Å². The van der Waals surface area contributed by atoms with Crippen LogP contribution in [0.25, 0.3) is 11.1 Å². The van der Waals surface area contributed by atoms with Crippen molar-refractivity contribution in [1.82, 2.24) is 20.4 Å². The molecule has 4 aromatic rings. The summed E-state index contributed by atoms with van der Waals surface area (Å²) >= 11 is 2.38. The number of aliphatic imine (C=N–C) groups is 2. The van der Waals surface area contributed by atoms with Crippen LogP contribution in [-0.4, -0.2) is 44.1 Å². The van der Waals surface area contributed by atoms with Crippen molar-refractivity contribution in [1.29, 1.82) is 0 Å². The number of rotatable bonds is 9. The van der Waals surface area contributed by atoms with Gasteiger partial charge in [0.05, 0.1) is 0 Å². The highest BCUT2D eigenvalue weighted by atomic mass is 32.1. The number of anilines is 2. The quantitative estimate of drug-likeness (QED) is 0.113. The summed E-state index contributed by atoms with van der Waals surface area (Å²) in [5.41, 5.74) is 26.1. The van der Waals surface area contributed by atoms with Gasteiger partial charge in [0.25, 0.3) is 11.8 Å². The topological polar surface area (TPSA) is 239 Å². The van der Waals surface area contributed by atoms with Gasteiger partial charge in [0.15, 0.2) is 11.9 Å². The van der Waals surface area contributed by atoms with Crippen LogP contribution in [-0.2, 0) is 11.1 Å². The Hall–Kier alpha value is -4.96. The number of nitrogens with zero attached hydrogens (tertiary/aromatic N) is 6. The molecular weight excluding hydrogens is 625 g/mol. The average Bonchev–Trinajstić information content (AvgIpc) is 3.66. The highest BCUT2D eigenvalue weighted by Gasteiger charge is 2.43. The third-order valence-corrected chi connectivity index (χ3v) is 10.8. The molecule has 2 saturated carbocycles. The van der Waals surface area contributed by atoms with Gasteiger partial charge in [-0.1, -0.05) is 46.9 Å². The third kappa shape index (κ3) is 5.76. The van der Waals surface area contributed by atoms with E-state index in [-0.39, 0.29) is 33.7 Å². The zero-order chi connectivity index (χ0) is 32.6. The predicted molar refractivity (Wildman–Crippen MR) is 180 cm³/mol. The van der Waals surface area contributed by atoms with Gasteiger partial charge in [-0.05, 0) is 86.8 Å². The van der Waals surface area contributed by atoms with Crippen LogP contribution in [0.1, 0.15) is 79.3 Å². The number of nitrogens with two attached hydrogens (primary N) is 4. The highest BCUT2D eigenvalue weighted by molar-refractivity contribution is 7.13. The molecule has 0 aliphatic heterocycles. The predicted octanol–water partition coefficient (Wildman–Crippen LogP) is 3.48. The van der Waals surface area contributed by atoms with Crippen molar-refractivity contribution in [2.24, 2.45) is 32.9 Å². The summed E-state index contributed by atoms with van der Waals surface area (Å²) in [5, 5.41) is 24.4. The van der Waals surface area contributed by atoms with Crippen LogP contribution in [0.3, 0.4) is 0 Å². The number of aromatic nitrogens is 4. The van der Waals surface area contributed by atoms with Gasteiger partial charge in [-0.3, -0.25) is 9.59 Å². The summed E-state index contributed by atoms with van der Waals surface area (Å²) in [7, 11) is 0. The normalized spacial score (nSPS) is 16.0. The Morgan fingerprint density at radius 2 is 1.07 bits per heavy atom. The molecule has 0 atom stereocenters. The molecule has 2 aliphatic carbocycles. The molecule has 0 radical (unpaired) electrons. The van der Waals surface area contributed by atoms with E-state index in [1.807, 2.05) is 50.2 Å². The van der Waals surface area contributed by atoms with Gasteiger partial charge in [0.2, 0.25) is 10.0 Å². The molecule has 10 N–H and O–H groups in total. The first-order valence-electron chi connectivity index (χ1n) is 14.7. The SMILES string of the molecule is Cc1c(NC(=O)c2nnc(C3(N=C(N)N)CCC3)s2)cccc1-c1cccc(NC(=O)c2nnc(C3(N=C(N)N)CCC3)s2)c1C. The number of hydrogen-bond donors (Lipinski definition) is 6. The molecule has 0 saturated heterocycles. The Kier molecular flexibility index (Phi) is 8.16. The Balaban J connectivity index is 1.20. The van der Waals surface area contributed by atoms with Crippen molar-refractivity contribution in [3.63, 3.8) is 0 Å². The largest absolute Gasteiger partial charge is 0.370 e. The highest BCUT2D eigenvalue weighted by Crippen LogP contribution is 2.47. The maximum Gasteiger partial charge on any atom is 0.286 e. The molecule has 2 fully saturated rings. The number of nitrogens with one attached hydrogen (secondary N) is 2. The fourth-order valence-corrected chi connectivity index (χ4v) is 7.61. The Morgan fingerprint density at radius 3 is 1.39 bits per heavy atom. The van der Waals surface area contributed by atoms with Crippen LogP contribution in [0, 0.1) is 13.8 Å². The van der Waals surface area contributed by atoms with E-state index < -0.39 is 11.1 Å². The number of benzene rings is 2. The summed E-state index contributed by atoms with van der Waals surface area (Å²) in [6, 6.07) is 11.3. The van der Waals surface area contributed by atoms with Gasteiger partial charge in [-0.15, -0.1) is 20.4 Å². The fraction of sp³-hybridized carbons (Fsp3) is 0.333. The fourth-order valence-electron chi connectivity index (χ4n) is 5.75. The number of hydrogen-bond acceptors (Lipinski definition) is 10.